The Labute approximate surface area is 132 Å². The van der Waals surface area contributed by atoms with Crippen LogP contribution in [0.3, 0.4) is 0 Å². The van der Waals surface area contributed by atoms with Crippen LogP contribution in [-0.2, 0) is 5.41 Å². The van der Waals surface area contributed by atoms with Crippen molar-refractivity contribution in [2.24, 2.45) is 0 Å². The molecule has 0 saturated carbocycles. The van der Waals surface area contributed by atoms with Crippen LogP contribution in [0, 0.1) is 19.7 Å². The Morgan fingerprint density at radius 2 is 1.64 bits per heavy atom. The van der Waals surface area contributed by atoms with Gasteiger partial charge in [0.2, 0.25) is 0 Å². The molecule has 0 bridgehead atoms. The van der Waals surface area contributed by atoms with E-state index in [1.165, 1.54) is 0 Å². The minimum atomic E-state index is -0.319. The number of anilines is 1. The average Bonchev–Trinajstić information content (AvgIpc) is 2.45. The lowest BCUT2D eigenvalue weighted by atomic mass is 9.86. The van der Waals surface area contributed by atoms with Gasteiger partial charge in [-0.15, -0.1) is 0 Å². The molecule has 0 atom stereocenters. The molecule has 2 N–H and O–H groups in total. The van der Waals surface area contributed by atoms with Gasteiger partial charge in [-0.05, 0) is 37.0 Å². The second-order valence-corrected chi connectivity index (χ2v) is 6.09. The predicted molar refractivity (Wildman–Crippen MR) is 91.4 cm³/mol. The molecule has 0 amide bonds. The van der Waals surface area contributed by atoms with Crippen LogP contribution in [0.5, 0.6) is 0 Å². The summed E-state index contributed by atoms with van der Waals surface area (Å²) < 4.78 is 14.3. The molecule has 1 aromatic carbocycles. The second-order valence-electron chi connectivity index (χ2n) is 6.09. The third kappa shape index (κ3) is 3.81. The van der Waals surface area contributed by atoms with Crippen LogP contribution in [0.15, 0.2) is 18.2 Å². The molecule has 2 rings (SSSR count). The van der Waals surface area contributed by atoms with E-state index in [1.807, 2.05) is 54.5 Å². The SMILES string of the molecule is CC.Cc1nc(-c2ccc(C(C)(C)C)cc2F)nc(N)c1C. The lowest BCUT2D eigenvalue weighted by Gasteiger charge is -2.19. The van der Waals surface area contributed by atoms with Gasteiger partial charge in [0.25, 0.3) is 0 Å². The molecular formula is C18H26FN3. The number of benzene rings is 1. The first-order valence-corrected chi connectivity index (χ1v) is 7.61. The van der Waals surface area contributed by atoms with Crippen molar-refractivity contribution in [1.82, 2.24) is 9.97 Å². The second kappa shape index (κ2) is 6.86. The summed E-state index contributed by atoms with van der Waals surface area (Å²) in [5, 5.41) is 0. The quantitative estimate of drug-likeness (QED) is 0.823. The number of hydrogen-bond donors (Lipinski definition) is 1. The Morgan fingerprint density at radius 3 is 2.09 bits per heavy atom. The van der Waals surface area contributed by atoms with E-state index in [4.69, 9.17) is 5.73 Å². The highest BCUT2D eigenvalue weighted by atomic mass is 19.1. The maximum absolute atomic E-state index is 14.3. The minimum absolute atomic E-state index is 0.0948. The average molecular weight is 303 g/mol. The van der Waals surface area contributed by atoms with Crippen LogP contribution in [0.25, 0.3) is 11.4 Å². The molecule has 0 spiro atoms. The third-order valence-electron chi connectivity index (χ3n) is 3.50. The van der Waals surface area contributed by atoms with Gasteiger partial charge in [0.15, 0.2) is 5.82 Å². The van der Waals surface area contributed by atoms with Crippen LogP contribution in [0.4, 0.5) is 10.2 Å². The van der Waals surface area contributed by atoms with Gasteiger partial charge in [0, 0.05) is 11.3 Å². The lowest BCUT2D eigenvalue weighted by Crippen LogP contribution is -2.11. The van der Waals surface area contributed by atoms with E-state index in [-0.39, 0.29) is 11.2 Å². The van der Waals surface area contributed by atoms with Crippen LogP contribution in [0.1, 0.15) is 51.4 Å². The maximum atomic E-state index is 14.3. The Morgan fingerprint density at radius 1 is 1.05 bits per heavy atom. The predicted octanol–water partition coefficient (Wildman–Crippen LogP) is 4.81. The highest BCUT2D eigenvalue weighted by Gasteiger charge is 2.17. The molecule has 1 aromatic heterocycles. The van der Waals surface area contributed by atoms with Gasteiger partial charge in [-0.25, -0.2) is 14.4 Å². The Kier molecular flexibility index (Phi) is 5.64. The van der Waals surface area contributed by atoms with Crippen molar-refractivity contribution >= 4 is 5.82 Å². The zero-order valence-corrected chi connectivity index (χ0v) is 14.6. The van der Waals surface area contributed by atoms with Crippen LogP contribution in [-0.4, -0.2) is 9.97 Å². The van der Waals surface area contributed by atoms with E-state index in [0.717, 1.165) is 16.8 Å². The van der Waals surface area contributed by atoms with E-state index in [0.29, 0.717) is 17.2 Å². The van der Waals surface area contributed by atoms with Crippen molar-refractivity contribution in [3.63, 3.8) is 0 Å². The largest absolute Gasteiger partial charge is 0.383 e. The van der Waals surface area contributed by atoms with Crippen molar-refractivity contribution in [2.45, 2.75) is 53.9 Å². The van der Waals surface area contributed by atoms with E-state index >= 15 is 0 Å². The van der Waals surface area contributed by atoms with Crippen molar-refractivity contribution in [3.05, 3.63) is 40.8 Å². The van der Waals surface area contributed by atoms with Gasteiger partial charge < -0.3 is 5.73 Å². The van der Waals surface area contributed by atoms with Crippen LogP contribution < -0.4 is 5.73 Å². The Balaban J connectivity index is 0.00000116. The molecule has 120 valence electrons. The number of aromatic nitrogens is 2. The summed E-state index contributed by atoms with van der Waals surface area (Å²) in [5.74, 6) is 0.412. The monoisotopic (exact) mass is 303 g/mol. The molecule has 22 heavy (non-hydrogen) atoms. The fourth-order valence-corrected chi connectivity index (χ4v) is 1.93. The minimum Gasteiger partial charge on any atom is -0.383 e. The summed E-state index contributed by atoms with van der Waals surface area (Å²) in [7, 11) is 0. The molecule has 0 radical (unpaired) electrons. The fourth-order valence-electron chi connectivity index (χ4n) is 1.93. The van der Waals surface area contributed by atoms with Gasteiger partial charge >= 0.3 is 0 Å². The van der Waals surface area contributed by atoms with Crippen LogP contribution in [0.2, 0.25) is 0 Å². The molecule has 0 aliphatic carbocycles. The number of nitrogens with two attached hydrogens (primary N) is 1. The van der Waals surface area contributed by atoms with Gasteiger partial charge in [0.1, 0.15) is 11.6 Å². The molecule has 0 aliphatic heterocycles. The number of aryl methyl sites for hydroxylation is 1. The molecule has 0 unspecified atom stereocenters. The van der Waals surface area contributed by atoms with Gasteiger partial charge in [-0.3, -0.25) is 0 Å². The van der Waals surface area contributed by atoms with Crippen molar-refractivity contribution in [3.8, 4) is 11.4 Å². The van der Waals surface area contributed by atoms with Gasteiger partial charge in [-0.2, -0.15) is 0 Å². The standard InChI is InChI=1S/C16H20FN3.C2H6/c1-9-10(2)19-15(20-14(9)18)12-7-6-11(8-13(12)17)16(3,4)5;1-2/h6-8H,1-5H3,(H2,18,19,20);1-2H3. The highest BCUT2D eigenvalue weighted by molar-refractivity contribution is 5.60. The number of nitrogen functional groups attached to an aromatic ring is 1. The first-order valence-electron chi connectivity index (χ1n) is 7.61. The topological polar surface area (TPSA) is 51.8 Å². The summed E-state index contributed by atoms with van der Waals surface area (Å²) in [4.78, 5) is 8.51. The molecule has 2 aromatic rings. The summed E-state index contributed by atoms with van der Waals surface area (Å²) in [5.41, 5.74) is 8.67. The zero-order chi connectivity index (χ0) is 17.1. The molecule has 0 fully saturated rings. The Hall–Kier alpha value is -1.97. The van der Waals surface area contributed by atoms with Crippen LogP contribution >= 0.6 is 0 Å². The third-order valence-corrected chi connectivity index (χ3v) is 3.50. The molecule has 3 nitrogen and oxygen atoms in total. The van der Waals surface area contributed by atoms with Gasteiger partial charge in [0.05, 0.1) is 5.56 Å². The number of halogens is 1. The summed E-state index contributed by atoms with van der Waals surface area (Å²) in [6.07, 6.45) is 0. The van der Waals surface area contributed by atoms with E-state index in [1.54, 1.807) is 12.1 Å². The van der Waals surface area contributed by atoms with Crippen molar-refractivity contribution in [2.75, 3.05) is 5.73 Å². The fraction of sp³-hybridized carbons (Fsp3) is 0.444. The summed E-state index contributed by atoms with van der Waals surface area (Å²) in [6.45, 7) is 13.8. The number of rotatable bonds is 1. The number of nitrogens with zero attached hydrogens (tertiary/aromatic N) is 2. The van der Waals surface area contributed by atoms with Gasteiger partial charge in [-0.1, -0.05) is 40.7 Å². The van der Waals surface area contributed by atoms with Crippen molar-refractivity contribution in [1.29, 1.82) is 0 Å². The van der Waals surface area contributed by atoms with Crippen molar-refractivity contribution < 1.29 is 4.39 Å². The highest BCUT2D eigenvalue weighted by Crippen LogP contribution is 2.28. The summed E-state index contributed by atoms with van der Waals surface area (Å²) in [6, 6.07) is 5.18. The van der Waals surface area contributed by atoms with E-state index < -0.39 is 0 Å². The zero-order valence-electron chi connectivity index (χ0n) is 14.6. The first-order chi connectivity index (χ1) is 10.2. The molecular weight excluding hydrogens is 277 g/mol. The Bertz CT molecular complexity index is 635. The normalized spacial score (nSPS) is 10.9. The first kappa shape index (κ1) is 18.1. The van der Waals surface area contributed by atoms with E-state index in [9.17, 15) is 4.39 Å². The van der Waals surface area contributed by atoms with E-state index in [2.05, 4.69) is 9.97 Å². The smallest absolute Gasteiger partial charge is 0.164 e. The molecule has 1 heterocycles. The summed E-state index contributed by atoms with van der Waals surface area (Å²) >= 11 is 0. The number of hydrogen-bond acceptors (Lipinski definition) is 3. The molecule has 0 aliphatic rings. The molecule has 4 heteroatoms. The molecule has 0 saturated heterocycles. The lowest BCUT2D eigenvalue weighted by molar-refractivity contribution is 0.573. The maximum Gasteiger partial charge on any atom is 0.164 e.